The number of esters is 1. The van der Waals surface area contributed by atoms with Crippen LogP contribution in [0.4, 0.5) is 8.78 Å². The Labute approximate surface area is 205 Å². The largest absolute Gasteiger partial charge is 0.490 e. The molecule has 0 bridgehead atoms. The Morgan fingerprint density at radius 1 is 0.794 bits per heavy atom. The van der Waals surface area contributed by atoms with Crippen molar-refractivity contribution in [2.24, 2.45) is 23.7 Å². The van der Waals surface area contributed by atoms with E-state index in [0.717, 1.165) is 37.5 Å². The second-order valence-corrected chi connectivity index (χ2v) is 10.6. The van der Waals surface area contributed by atoms with E-state index in [9.17, 15) is 13.6 Å². The molecule has 1 aromatic rings. The molecule has 0 spiro atoms. The van der Waals surface area contributed by atoms with Gasteiger partial charge in [-0.3, -0.25) is 4.79 Å². The third-order valence-corrected chi connectivity index (χ3v) is 8.06. The lowest BCUT2D eigenvalue weighted by atomic mass is 9.68. The molecule has 2 saturated carbocycles. The minimum absolute atomic E-state index is 0.147. The normalized spacial score (nSPS) is 25.2. The second kappa shape index (κ2) is 14.0. The summed E-state index contributed by atoms with van der Waals surface area (Å²) in [5, 5.41) is 0. The first-order chi connectivity index (χ1) is 16.5. The van der Waals surface area contributed by atoms with Gasteiger partial charge in [0.2, 0.25) is 11.6 Å². The van der Waals surface area contributed by atoms with Gasteiger partial charge in [0.05, 0.1) is 12.5 Å². The monoisotopic (exact) mass is 478 g/mol. The van der Waals surface area contributed by atoms with Crippen LogP contribution in [-0.4, -0.2) is 12.6 Å². The zero-order valence-corrected chi connectivity index (χ0v) is 21.3. The van der Waals surface area contributed by atoms with Crippen molar-refractivity contribution in [2.75, 3.05) is 6.61 Å². The Balaban J connectivity index is 1.39. The highest BCUT2D eigenvalue weighted by atomic mass is 19.2. The van der Waals surface area contributed by atoms with Crippen molar-refractivity contribution in [1.29, 1.82) is 0 Å². The molecule has 1 aromatic carbocycles. The topological polar surface area (TPSA) is 35.5 Å². The summed E-state index contributed by atoms with van der Waals surface area (Å²) in [4.78, 5) is 12.6. The number of hydrogen-bond acceptors (Lipinski definition) is 3. The molecule has 0 unspecified atom stereocenters. The number of carbonyl (C=O) groups is 1. The molecule has 0 heterocycles. The van der Waals surface area contributed by atoms with Crippen LogP contribution >= 0.6 is 0 Å². The summed E-state index contributed by atoms with van der Waals surface area (Å²) in [5.74, 6) is -1.02. The number of hydrogen-bond donors (Lipinski definition) is 0. The van der Waals surface area contributed by atoms with Crippen molar-refractivity contribution in [3.8, 4) is 11.5 Å². The van der Waals surface area contributed by atoms with Crippen molar-refractivity contribution in [1.82, 2.24) is 0 Å². The fourth-order valence-electron chi connectivity index (χ4n) is 5.92. The van der Waals surface area contributed by atoms with E-state index in [-0.39, 0.29) is 17.4 Å². The maximum atomic E-state index is 14.4. The number of ether oxygens (including phenoxy) is 2. The van der Waals surface area contributed by atoms with Gasteiger partial charge < -0.3 is 9.47 Å². The smallest absolute Gasteiger partial charge is 0.314 e. The van der Waals surface area contributed by atoms with E-state index in [4.69, 9.17) is 9.47 Å². The lowest BCUT2D eigenvalue weighted by Gasteiger charge is -2.37. The van der Waals surface area contributed by atoms with Crippen LogP contribution in [0.2, 0.25) is 0 Å². The lowest BCUT2D eigenvalue weighted by Crippen LogP contribution is -2.30. The summed E-state index contributed by atoms with van der Waals surface area (Å²) in [6.45, 7) is 4.46. The first-order valence-electron chi connectivity index (χ1n) is 13.9. The fourth-order valence-corrected chi connectivity index (χ4v) is 5.92. The zero-order valence-electron chi connectivity index (χ0n) is 21.3. The van der Waals surface area contributed by atoms with E-state index in [1.165, 1.54) is 76.3 Å². The highest BCUT2D eigenvalue weighted by molar-refractivity contribution is 5.75. The van der Waals surface area contributed by atoms with E-state index in [1.807, 2.05) is 6.92 Å². The average molecular weight is 479 g/mol. The van der Waals surface area contributed by atoms with Crippen LogP contribution in [0.3, 0.4) is 0 Å². The molecular weight excluding hydrogens is 434 g/mol. The van der Waals surface area contributed by atoms with Gasteiger partial charge in [0.15, 0.2) is 11.5 Å². The number of unbranched alkanes of at least 4 members (excludes halogenated alkanes) is 4. The molecule has 0 amide bonds. The maximum absolute atomic E-state index is 14.4. The highest BCUT2D eigenvalue weighted by Crippen LogP contribution is 2.42. The van der Waals surface area contributed by atoms with Gasteiger partial charge in [-0.05, 0) is 74.8 Å². The fraction of sp³-hybridized carbons (Fsp3) is 0.759. The van der Waals surface area contributed by atoms with Crippen LogP contribution in [0.5, 0.6) is 11.5 Å². The van der Waals surface area contributed by atoms with Crippen LogP contribution in [0.25, 0.3) is 0 Å². The molecule has 0 N–H and O–H groups in total. The van der Waals surface area contributed by atoms with Crippen LogP contribution in [0.15, 0.2) is 12.1 Å². The summed E-state index contributed by atoms with van der Waals surface area (Å²) in [6.07, 6.45) is 18.0. The van der Waals surface area contributed by atoms with Gasteiger partial charge in [0, 0.05) is 0 Å². The number of benzene rings is 1. The SMILES string of the molecule is CCCCCCC[C@H]1CC[C@H]([C@H]2CC[C@H](C(=O)Oc3ccc(OCCC)c(F)c3F)CC2)CC1. The van der Waals surface area contributed by atoms with Crippen LogP contribution < -0.4 is 9.47 Å². The molecule has 0 saturated heterocycles. The third kappa shape index (κ3) is 7.68. The summed E-state index contributed by atoms with van der Waals surface area (Å²) in [5.41, 5.74) is 0. The minimum Gasteiger partial charge on any atom is -0.490 e. The second-order valence-electron chi connectivity index (χ2n) is 10.6. The molecule has 0 aromatic heterocycles. The molecule has 34 heavy (non-hydrogen) atoms. The molecule has 3 rings (SSSR count). The molecule has 0 atom stereocenters. The first kappa shape index (κ1) is 26.9. The predicted octanol–water partition coefficient (Wildman–Crippen LogP) is 8.63. The quantitative estimate of drug-likeness (QED) is 0.171. The standard InChI is InChI=1S/C29H44F2O3/c1-3-5-6-7-8-9-21-10-12-22(13-11-21)23-14-16-24(17-15-23)29(32)34-26-19-18-25(33-20-4-2)27(30)28(26)31/h18-19,21-24H,3-17,20H2,1-2H3/t21-,22-,23-,24-. The Hall–Kier alpha value is -1.65. The summed E-state index contributed by atoms with van der Waals surface area (Å²) < 4.78 is 39.0. The van der Waals surface area contributed by atoms with Gasteiger partial charge in [-0.2, -0.15) is 8.78 Å². The molecule has 2 fully saturated rings. The Bertz CT molecular complexity index is 750. The van der Waals surface area contributed by atoms with E-state index in [1.54, 1.807) is 0 Å². The Morgan fingerprint density at radius 2 is 1.38 bits per heavy atom. The minimum atomic E-state index is -1.15. The van der Waals surface area contributed by atoms with Gasteiger partial charge in [-0.15, -0.1) is 0 Å². The van der Waals surface area contributed by atoms with Crippen LogP contribution in [0, 0.1) is 35.3 Å². The van der Waals surface area contributed by atoms with Crippen LogP contribution in [0.1, 0.15) is 110 Å². The molecule has 192 valence electrons. The molecule has 2 aliphatic rings. The number of carbonyl (C=O) groups excluding carboxylic acids is 1. The van der Waals surface area contributed by atoms with Crippen molar-refractivity contribution in [3.05, 3.63) is 23.8 Å². The summed E-state index contributed by atoms with van der Waals surface area (Å²) in [6, 6.07) is 2.62. The number of rotatable bonds is 12. The van der Waals surface area contributed by atoms with E-state index in [0.29, 0.717) is 18.9 Å². The zero-order chi connectivity index (χ0) is 24.3. The maximum Gasteiger partial charge on any atom is 0.314 e. The molecule has 0 radical (unpaired) electrons. The van der Waals surface area contributed by atoms with E-state index >= 15 is 0 Å². The van der Waals surface area contributed by atoms with Crippen molar-refractivity contribution < 1.29 is 23.0 Å². The Morgan fingerprint density at radius 3 is 2.03 bits per heavy atom. The lowest BCUT2D eigenvalue weighted by molar-refractivity contribution is -0.140. The third-order valence-electron chi connectivity index (χ3n) is 8.06. The van der Waals surface area contributed by atoms with Crippen molar-refractivity contribution in [2.45, 2.75) is 110 Å². The van der Waals surface area contributed by atoms with Gasteiger partial charge >= 0.3 is 5.97 Å². The summed E-state index contributed by atoms with van der Waals surface area (Å²) >= 11 is 0. The first-order valence-corrected chi connectivity index (χ1v) is 13.9. The highest BCUT2D eigenvalue weighted by Gasteiger charge is 2.34. The summed E-state index contributed by atoms with van der Waals surface area (Å²) in [7, 11) is 0. The number of halogens is 2. The predicted molar refractivity (Wildman–Crippen MR) is 132 cm³/mol. The molecule has 0 aliphatic heterocycles. The van der Waals surface area contributed by atoms with Gasteiger partial charge in [0.25, 0.3) is 0 Å². The average Bonchev–Trinajstić information content (AvgIpc) is 2.87. The van der Waals surface area contributed by atoms with Gasteiger partial charge in [-0.25, -0.2) is 0 Å². The van der Waals surface area contributed by atoms with E-state index in [2.05, 4.69) is 6.92 Å². The molecule has 3 nitrogen and oxygen atoms in total. The molecule has 2 aliphatic carbocycles. The van der Waals surface area contributed by atoms with Gasteiger partial charge in [-0.1, -0.05) is 65.2 Å². The van der Waals surface area contributed by atoms with E-state index < -0.39 is 17.6 Å². The molecular formula is C29H44F2O3. The van der Waals surface area contributed by atoms with Crippen molar-refractivity contribution in [3.63, 3.8) is 0 Å². The van der Waals surface area contributed by atoms with Crippen molar-refractivity contribution >= 4 is 5.97 Å². The molecule has 5 heteroatoms. The van der Waals surface area contributed by atoms with Gasteiger partial charge in [0.1, 0.15) is 0 Å². The van der Waals surface area contributed by atoms with Crippen LogP contribution in [-0.2, 0) is 4.79 Å². The Kier molecular flexibility index (Phi) is 11.1.